The lowest BCUT2D eigenvalue weighted by molar-refractivity contribution is 0.102. The van der Waals surface area contributed by atoms with Gasteiger partial charge in [-0.15, -0.1) is 0 Å². The molecule has 0 unspecified atom stereocenters. The molecule has 6 nitrogen and oxygen atoms in total. The molecule has 2 aromatic heterocycles. The van der Waals surface area contributed by atoms with Crippen molar-refractivity contribution in [2.45, 2.75) is 6.54 Å². The third-order valence-corrected chi connectivity index (χ3v) is 3.72. The molecule has 102 valence electrons. The van der Waals surface area contributed by atoms with Crippen LogP contribution in [0.2, 0.25) is 0 Å². The van der Waals surface area contributed by atoms with Gasteiger partial charge >= 0.3 is 0 Å². The smallest absolute Gasteiger partial charge is 0.277 e. The van der Waals surface area contributed by atoms with Gasteiger partial charge in [-0.1, -0.05) is 23.5 Å². The van der Waals surface area contributed by atoms with Crippen LogP contribution in [0.3, 0.4) is 0 Å². The number of carbonyl (C=O) groups excluding carboxylic acids is 1. The summed E-state index contributed by atoms with van der Waals surface area (Å²) in [5.41, 5.74) is 6.69. The number of hydrogen-bond donors (Lipinski definition) is 2. The van der Waals surface area contributed by atoms with Crippen molar-refractivity contribution in [1.82, 2.24) is 14.5 Å². The molecule has 2 heterocycles. The lowest BCUT2D eigenvalue weighted by Gasteiger charge is -1.97. The number of thiazole rings is 1. The SMILES string of the molecule is NCCn1cnc(C(=O)Nc2nc3ccccc3s2)c1. The van der Waals surface area contributed by atoms with Crippen LogP contribution >= 0.6 is 11.3 Å². The molecule has 0 aliphatic heterocycles. The van der Waals surface area contributed by atoms with E-state index in [1.54, 1.807) is 17.1 Å². The van der Waals surface area contributed by atoms with Crippen molar-refractivity contribution < 1.29 is 4.79 Å². The molecule has 0 aliphatic rings. The Morgan fingerprint density at radius 2 is 2.25 bits per heavy atom. The Labute approximate surface area is 119 Å². The summed E-state index contributed by atoms with van der Waals surface area (Å²) in [6.45, 7) is 1.15. The number of fused-ring (bicyclic) bond motifs is 1. The van der Waals surface area contributed by atoms with Gasteiger partial charge in [0, 0.05) is 19.3 Å². The minimum atomic E-state index is -0.264. The second-order valence-electron chi connectivity index (χ2n) is 4.23. The minimum absolute atomic E-state index is 0.264. The van der Waals surface area contributed by atoms with Crippen molar-refractivity contribution in [3.05, 3.63) is 42.5 Å². The molecular weight excluding hydrogens is 274 g/mol. The maximum Gasteiger partial charge on any atom is 0.277 e. The predicted octanol–water partition coefficient (Wildman–Crippen LogP) is 1.70. The van der Waals surface area contributed by atoms with Gasteiger partial charge in [0.05, 0.1) is 16.5 Å². The monoisotopic (exact) mass is 287 g/mol. The van der Waals surface area contributed by atoms with E-state index in [4.69, 9.17) is 5.73 Å². The van der Waals surface area contributed by atoms with E-state index in [-0.39, 0.29) is 5.91 Å². The fraction of sp³-hybridized carbons (Fsp3) is 0.154. The number of aromatic nitrogens is 3. The first kappa shape index (κ1) is 12.8. The summed E-state index contributed by atoms with van der Waals surface area (Å²) >= 11 is 1.44. The van der Waals surface area contributed by atoms with Crippen LogP contribution in [0.4, 0.5) is 5.13 Å². The van der Waals surface area contributed by atoms with Crippen LogP contribution in [0.5, 0.6) is 0 Å². The first-order valence-corrected chi connectivity index (χ1v) is 6.96. The van der Waals surface area contributed by atoms with E-state index in [1.807, 2.05) is 24.3 Å². The summed E-state index contributed by atoms with van der Waals surface area (Å²) in [7, 11) is 0. The van der Waals surface area contributed by atoms with Gasteiger partial charge in [0.2, 0.25) is 0 Å². The zero-order chi connectivity index (χ0) is 13.9. The third kappa shape index (κ3) is 2.54. The number of rotatable bonds is 4. The van der Waals surface area contributed by atoms with Crippen molar-refractivity contribution in [3.8, 4) is 0 Å². The van der Waals surface area contributed by atoms with Crippen LogP contribution in [0.25, 0.3) is 10.2 Å². The topological polar surface area (TPSA) is 85.8 Å². The summed E-state index contributed by atoms with van der Waals surface area (Å²) in [5, 5.41) is 3.34. The van der Waals surface area contributed by atoms with Crippen LogP contribution in [0.15, 0.2) is 36.8 Å². The molecule has 0 fully saturated rings. The van der Waals surface area contributed by atoms with E-state index in [0.29, 0.717) is 23.9 Å². The molecule has 20 heavy (non-hydrogen) atoms. The number of nitrogens with two attached hydrogens (primary N) is 1. The van der Waals surface area contributed by atoms with Gasteiger partial charge in [-0.3, -0.25) is 10.1 Å². The van der Waals surface area contributed by atoms with E-state index in [0.717, 1.165) is 10.2 Å². The van der Waals surface area contributed by atoms with Gasteiger partial charge in [0.15, 0.2) is 5.13 Å². The molecule has 3 N–H and O–H groups in total. The third-order valence-electron chi connectivity index (χ3n) is 2.77. The van der Waals surface area contributed by atoms with Crippen molar-refractivity contribution >= 4 is 32.6 Å². The highest BCUT2D eigenvalue weighted by atomic mass is 32.1. The zero-order valence-corrected chi connectivity index (χ0v) is 11.4. The molecular formula is C13H13N5OS. The molecule has 0 spiro atoms. The molecule has 0 saturated carbocycles. The van der Waals surface area contributed by atoms with E-state index >= 15 is 0 Å². The second-order valence-corrected chi connectivity index (χ2v) is 5.26. The van der Waals surface area contributed by atoms with Gasteiger partial charge in [-0.05, 0) is 12.1 Å². The lowest BCUT2D eigenvalue weighted by atomic mass is 10.3. The van der Waals surface area contributed by atoms with Crippen molar-refractivity contribution in [2.75, 3.05) is 11.9 Å². The number of benzene rings is 1. The first-order valence-electron chi connectivity index (χ1n) is 6.15. The average Bonchev–Trinajstić information content (AvgIpc) is 3.04. The first-order chi connectivity index (χ1) is 9.76. The van der Waals surface area contributed by atoms with E-state index in [9.17, 15) is 4.79 Å². The second kappa shape index (κ2) is 5.40. The molecule has 0 radical (unpaired) electrons. The maximum atomic E-state index is 12.1. The van der Waals surface area contributed by atoms with Crippen molar-refractivity contribution in [3.63, 3.8) is 0 Å². The molecule has 0 bridgehead atoms. The number of nitrogens with one attached hydrogen (secondary N) is 1. The quantitative estimate of drug-likeness (QED) is 0.764. The van der Waals surface area contributed by atoms with Gasteiger partial charge < -0.3 is 10.3 Å². The Bertz CT molecular complexity index is 715. The van der Waals surface area contributed by atoms with Crippen molar-refractivity contribution in [1.29, 1.82) is 0 Å². The fourth-order valence-corrected chi connectivity index (χ4v) is 2.70. The fourth-order valence-electron chi connectivity index (χ4n) is 1.84. The van der Waals surface area contributed by atoms with Crippen LogP contribution in [-0.4, -0.2) is 27.0 Å². The molecule has 0 atom stereocenters. The standard InChI is InChI=1S/C13H13N5OS/c14-5-6-18-7-10(15-8-18)12(19)17-13-16-9-3-1-2-4-11(9)20-13/h1-4,7-8H,5-6,14H2,(H,16,17,19). The van der Waals surface area contributed by atoms with Crippen LogP contribution in [-0.2, 0) is 6.54 Å². The lowest BCUT2D eigenvalue weighted by Crippen LogP contribution is -2.12. The summed E-state index contributed by atoms with van der Waals surface area (Å²) in [6, 6.07) is 7.75. The minimum Gasteiger partial charge on any atom is -0.335 e. The number of para-hydroxylation sites is 1. The van der Waals surface area contributed by atoms with E-state index in [1.165, 1.54) is 11.3 Å². The molecule has 0 saturated heterocycles. The van der Waals surface area contributed by atoms with Gasteiger partial charge in [0.25, 0.3) is 5.91 Å². The Kier molecular flexibility index (Phi) is 3.44. The summed E-state index contributed by atoms with van der Waals surface area (Å²) in [4.78, 5) is 20.5. The van der Waals surface area contributed by atoms with E-state index < -0.39 is 0 Å². The summed E-state index contributed by atoms with van der Waals surface area (Å²) in [6.07, 6.45) is 3.27. The summed E-state index contributed by atoms with van der Waals surface area (Å²) in [5.74, 6) is -0.264. The molecule has 3 rings (SSSR count). The van der Waals surface area contributed by atoms with E-state index in [2.05, 4.69) is 15.3 Å². The average molecular weight is 287 g/mol. The van der Waals surface area contributed by atoms with Crippen LogP contribution in [0.1, 0.15) is 10.5 Å². The molecule has 1 aromatic carbocycles. The normalized spacial score (nSPS) is 10.8. The molecule has 1 amide bonds. The summed E-state index contributed by atoms with van der Waals surface area (Å²) < 4.78 is 2.82. The molecule has 3 aromatic rings. The number of carbonyl (C=O) groups is 1. The predicted molar refractivity (Wildman–Crippen MR) is 78.9 cm³/mol. The Balaban J connectivity index is 1.77. The zero-order valence-electron chi connectivity index (χ0n) is 10.6. The Morgan fingerprint density at radius 1 is 1.40 bits per heavy atom. The highest BCUT2D eigenvalue weighted by molar-refractivity contribution is 7.22. The van der Waals surface area contributed by atoms with Crippen LogP contribution in [0, 0.1) is 0 Å². The van der Waals surface area contributed by atoms with Crippen molar-refractivity contribution in [2.24, 2.45) is 5.73 Å². The van der Waals surface area contributed by atoms with Gasteiger partial charge in [-0.2, -0.15) is 0 Å². The number of anilines is 1. The van der Waals surface area contributed by atoms with Gasteiger partial charge in [0.1, 0.15) is 5.69 Å². The highest BCUT2D eigenvalue weighted by Crippen LogP contribution is 2.25. The number of imidazole rings is 1. The number of amides is 1. The largest absolute Gasteiger partial charge is 0.335 e. The maximum absolute atomic E-state index is 12.1. The van der Waals surface area contributed by atoms with Gasteiger partial charge in [-0.25, -0.2) is 9.97 Å². The Morgan fingerprint density at radius 3 is 3.05 bits per heavy atom. The number of hydrogen-bond acceptors (Lipinski definition) is 5. The Hall–Kier alpha value is -2.25. The van der Waals surface area contributed by atoms with Crippen LogP contribution < -0.4 is 11.1 Å². The highest BCUT2D eigenvalue weighted by Gasteiger charge is 2.12. The number of nitrogens with zero attached hydrogens (tertiary/aromatic N) is 3. The molecule has 7 heteroatoms. The molecule has 0 aliphatic carbocycles.